The van der Waals surface area contributed by atoms with Gasteiger partial charge < -0.3 is 10.4 Å². The van der Waals surface area contributed by atoms with Crippen LogP contribution in [0.5, 0.6) is 0 Å². The molecule has 1 amide bonds. The third kappa shape index (κ3) is 4.01. The second kappa shape index (κ2) is 6.47. The molecule has 21 heavy (non-hydrogen) atoms. The molecule has 1 aromatic heterocycles. The monoisotopic (exact) mass is 282 g/mol. The van der Waals surface area contributed by atoms with Gasteiger partial charge in [-0.3, -0.25) is 4.79 Å². The van der Waals surface area contributed by atoms with Crippen LogP contribution in [-0.2, 0) is 4.79 Å². The van der Waals surface area contributed by atoms with E-state index in [2.05, 4.69) is 10.3 Å². The molecule has 5 heteroatoms. The molecule has 0 saturated heterocycles. The lowest BCUT2D eigenvalue weighted by molar-refractivity contribution is -0.131. The number of hydrogen-bond acceptors (Lipinski definition) is 3. The van der Waals surface area contributed by atoms with Crippen molar-refractivity contribution in [1.82, 2.24) is 4.98 Å². The fraction of sp³-hybridized carbons (Fsp3) is 0.0625. The molecule has 5 nitrogen and oxygen atoms in total. The molecule has 2 aromatic rings. The Hall–Kier alpha value is -2.95. The van der Waals surface area contributed by atoms with E-state index in [1.165, 1.54) is 6.08 Å². The molecule has 0 fully saturated rings. The summed E-state index contributed by atoms with van der Waals surface area (Å²) in [6, 6.07) is 10.3. The summed E-state index contributed by atoms with van der Waals surface area (Å²) in [6.07, 6.45) is 4.13. The van der Waals surface area contributed by atoms with Crippen LogP contribution in [0.3, 0.4) is 0 Å². The number of benzene rings is 1. The molecule has 1 aromatic carbocycles. The van der Waals surface area contributed by atoms with Gasteiger partial charge in [0, 0.05) is 17.8 Å². The van der Waals surface area contributed by atoms with Crippen LogP contribution >= 0.6 is 0 Å². The third-order valence-corrected chi connectivity index (χ3v) is 2.83. The number of rotatable bonds is 4. The Bertz CT molecular complexity index is 691. The van der Waals surface area contributed by atoms with Crippen LogP contribution in [0.15, 0.2) is 48.7 Å². The summed E-state index contributed by atoms with van der Waals surface area (Å²) in [4.78, 5) is 26.6. The number of anilines is 1. The molecule has 1 heterocycles. The largest absolute Gasteiger partial charge is 0.478 e. The van der Waals surface area contributed by atoms with Crippen LogP contribution in [0.2, 0.25) is 0 Å². The van der Waals surface area contributed by atoms with Crippen molar-refractivity contribution in [3.8, 4) is 0 Å². The highest BCUT2D eigenvalue weighted by molar-refractivity contribution is 6.04. The fourth-order valence-electron chi connectivity index (χ4n) is 1.71. The molecule has 0 unspecified atom stereocenters. The van der Waals surface area contributed by atoms with Crippen molar-refractivity contribution in [3.05, 3.63) is 65.4 Å². The lowest BCUT2D eigenvalue weighted by Gasteiger charge is -2.07. The average molecular weight is 282 g/mol. The Balaban J connectivity index is 2.10. The van der Waals surface area contributed by atoms with Crippen LogP contribution in [0.1, 0.15) is 21.5 Å². The van der Waals surface area contributed by atoms with Gasteiger partial charge in [-0.1, -0.05) is 18.2 Å². The summed E-state index contributed by atoms with van der Waals surface area (Å²) < 4.78 is 0. The number of carboxylic acid groups (broad SMARTS) is 1. The van der Waals surface area contributed by atoms with Crippen molar-refractivity contribution in [1.29, 1.82) is 0 Å². The van der Waals surface area contributed by atoms with Crippen molar-refractivity contribution in [2.75, 3.05) is 5.32 Å². The zero-order valence-electron chi connectivity index (χ0n) is 11.4. The molecule has 0 aliphatic carbocycles. The lowest BCUT2D eigenvalue weighted by atomic mass is 10.1. The molecule has 0 radical (unpaired) electrons. The summed E-state index contributed by atoms with van der Waals surface area (Å²) in [5, 5.41) is 11.3. The Labute approximate surface area is 122 Å². The zero-order chi connectivity index (χ0) is 15.2. The predicted molar refractivity (Wildman–Crippen MR) is 80.0 cm³/mol. The van der Waals surface area contributed by atoms with Crippen molar-refractivity contribution in [2.24, 2.45) is 0 Å². The second-order valence-electron chi connectivity index (χ2n) is 4.42. The number of aliphatic carboxylic acids is 1. The molecule has 0 spiro atoms. The summed E-state index contributed by atoms with van der Waals surface area (Å²) >= 11 is 0. The van der Waals surface area contributed by atoms with Crippen LogP contribution in [-0.4, -0.2) is 22.0 Å². The van der Waals surface area contributed by atoms with Gasteiger partial charge in [-0.25, -0.2) is 9.78 Å². The Morgan fingerprint density at radius 1 is 1.19 bits per heavy atom. The first-order valence-electron chi connectivity index (χ1n) is 6.30. The van der Waals surface area contributed by atoms with Gasteiger partial charge in [0.05, 0.1) is 0 Å². The lowest BCUT2D eigenvalue weighted by Crippen LogP contribution is -2.13. The van der Waals surface area contributed by atoms with E-state index >= 15 is 0 Å². The number of amides is 1. The average Bonchev–Trinajstić information content (AvgIpc) is 2.48. The van der Waals surface area contributed by atoms with E-state index in [0.29, 0.717) is 16.9 Å². The molecule has 0 aliphatic heterocycles. The molecule has 106 valence electrons. The first-order chi connectivity index (χ1) is 10.1. The van der Waals surface area contributed by atoms with Crippen molar-refractivity contribution >= 4 is 23.8 Å². The summed E-state index contributed by atoms with van der Waals surface area (Å²) in [7, 11) is 0. The Morgan fingerprint density at radius 3 is 2.52 bits per heavy atom. The molecule has 0 saturated carbocycles. The van der Waals surface area contributed by atoms with Gasteiger partial charge in [-0.15, -0.1) is 0 Å². The van der Waals surface area contributed by atoms with Crippen molar-refractivity contribution < 1.29 is 14.7 Å². The second-order valence-corrected chi connectivity index (χ2v) is 4.42. The smallest absolute Gasteiger partial charge is 0.328 e. The van der Waals surface area contributed by atoms with Crippen LogP contribution in [0.4, 0.5) is 5.82 Å². The first-order valence-corrected chi connectivity index (χ1v) is 6.30. The van der Waals surface area contributed by atoms with E-state index in [1.54, 1.807) is 36.5 Å². The number of carbonyl (C=O) groups is 2. The predicted octanol–water partition coefficient (Wildman–Crippen LogP) is 2.74. The maximum Gasteiger partial charge on any atom is 0.328 e. The quantitative estimate of drug-likeness (QED) is 0.845. The Kier molecular flexibility index (Phi) is 4.46. The molecule has 0 aliphatic rings. The van der Waals surface area contributed by atoms with E-state index in [1.807, 2.05) is 13.0 Å². The highest BCUT2D eigenvalue weighted by Gasteiger charge is 2.07. The van der Waals surface area contributed by atoms with Gasteiger partial charge in [0.25, 0.3) is 5.91 Å². The number of carboxylic acids is 1. The van der Waals surface area contributed by atoms with Gasteiger partial charge in [0.1, 0.15) is 5.82 Å². The van der Waals surface area contributed by atoms with E-state index in [0.717, 1.165) is 11.6 Å². The maximum absolute atomic E-state index is 12.1. The van der Waals surface area contributed by atoms with Gasteiger partial charge in [0.2, 0.25) is 0 Å². The Morgan fingerprint density at radius 2 is 1.90 bits per heavy atom. The van der Waals surface area contributed by atoms with Crippen LogP contribution in [0, 0.1) is 6.92 Å². The van der Waals surface area contributed by atoms with Crippen LogP contribution < -0.4 is 5.32 Å². The summed E-state index contributed by atoms with van der Waals surface area (Å²) in [5.41, 5.74) is 2.07. The van der Waals surface area contributed by atoms with E-state index in [9.17, 15) is 9.59 Å². The van der Waals surface area contributed by atoms with E-state index < -0.39 is 5.97 Å². The maximum atomic E-state index is 12.1. The van der Waals surface area contributed by atoms with Crippen LogP contribution in [0.25, 0.3) is 6.08 Å². The third-order valence-electron chi connectivity index (χ3n) is 2.83. The number of nitrogens with one attached hydrogen (secondary N) is 1. The fourth-order valence-corrected chi connectivity index (χ4v) is 1.71. The highest BCUT2D eigenvalue weighted by Crippen LogP contribution is 2.12. The van der Waals surface area contributed by atoms with Gasteiger partial charge >= 0.3 is 5.97 Å². The SMILES string of the molecule is Cc1cccnc1NC(=O)c1ccc(C=CC(=O)O)cc1. The number of nitrogens with zero attached hydrogens (tertiary/aromatic N) is 1. The number of aromatic nitrogens is 1. The highest BCUT2D eigenvalue weighted by atomic mass is 16.4. The molecular formula is C16H14N2O3. The number of aryl methyl sites for hydroxylation is 1. The summed E-state index contributed by atoms with van der Waals surface area (Å²) in [6.45, 7) is 1.86. The minimum atomic E-state index is -1.01. The standard InChI is InChI=1S/C16H14N2O3/c1-11-3-2-10-17-15(11)18-16(21)13-7-4-12(5-8-13)6-9-14(19)20/h2-10H,1H3,(H,19,20)(H,17,18,21). The van der Waals surface area contributed by atoms with E-state index in [-0.39, 0.29) is 5.91 Å². The number of hydrogen-bond donors (Lipinski definition) is 2. The molecule has 0 bridgehead atoms. The normalized spacial score (nSPS) is 10.5. The summed E-state index contributed by atoms with van der Waals surface area (Å²) in [5.74, 6) is -0.745. The van der Waals surface area contributed by atoms with Gasteiger partial charge in [0.15, 0.2) is 0 Å². The van der Waals surface area contributed by atoms with Gasteiger partial charge in [-0.2, -0.15) is 0 Å². The van der Waals surface area contributed by atoms with E-state index in [4.69, 9.17) is 5.11 Å². The zero-order valence-corrected chi connectivity index (χ0v) is 11.4. The first kappa shape index (κ1) is 14.5. The van der Waals surface area contributed by atoms with Crippen molar-refractivity contribution in [2.45, 2.75) is 6.92 Å². The number of pyridine rings is 1. The van der Waals surface area contributed by atoms with Gasteiger partial charge in [-0.05, 0) is 42.3 Å². The minimum absolute atomic E-state index is 0.259. The minimum Gasteiger partial charge on any atom is -0.478 e. The molecule has 2 N–H and O–H groups in total. The molecule has 2 rings (SSSR count). The topological polar surface area (TPSA) is 79.3 Å². The number of carbonyl (C=O) groups excluding carboxylic acids is 1. The molecular weight excluding hydrogens is 268 g/mol. The molecule has 0 atom stereocenters. The van der Waals surface area contributed by atoms with Crippen molar-refractivity contribution in [3.63, 3.8) is 0 Å².